The molecule has 0 bridgehead atoms. The minimum absolute atomic E-state index is 0.0281. The third-order valence-electron chi connectivity index (χ3n) is 6.81. The predicted octanol–water partition coefficient (Wildman–Crippen LogP) is 2.04. The van der Waals surface area contributed by atoms with E-state index in [4.69, 9.17) is 0 Å². The molecule has 3 aromatic rings. The van der Waals surface area contributed by atoms with E-state index in [-0.39, 0.29) is 42.0 Å². The zero-order chi connectivity index (χ0) is 22.2. The first kappa shape index (κ1) is 20.6. The molecule has 2 aliphatic rings. The van der Waals surface area contributed by atoms with Crippen molar-refractivity contribution in [3.05, 3.63) is 88.6 Å². The molecular weight excluding hydrogens is 404 g/mol. The van der Waals surface area contributed by atoms with Crippen LogP contribution in [0, 0.1) is 11.8 Å². The summed E-state index contributed by atoms with van der Waals surface area (Å²) in [5.74, 6) is -0.431. The van der Waals surface area contributed by atoms with E-state index in [2.05, 4.69) is 15.6 Å². The van der Waals surface area contributed by atoms with Gasteiger partial charge in [-0.2, -0.15) is 0 Å². The van der Waals surface area contributed by atoms with Gasteiger partial charge in [-0.1, -0.05) is 36.4 Å². The van der Waals surface area contributed by atoms with E-state index in [9.17, 15) is 14.7 Å². The summed E-state index contributed by atoms with van der Waals surface area (Å²) in [5.41, 5.74) is 3.20. The van der Waals surface area contributed by atoms with Crippen LogP contribution in [-0.4, -0.2) is 33.2 Å². The van der Waals surface area contributed by atoms with Crippen LogP contribution in [0.3, 0.4) is 0 Å². The second-order valence-corrected chi connectivity index (χ2v) is 8.60. The number of fused-ring (bicyclic) bond motifs is 3. The summed E-state index contributed by atoms with van der Waals surface area (Å²) in [6.45, 7) is 2.30. The second-order valence-electron chi connectivity index (χ2n) is 8.60. The average Bonchev–Trinajstić information content (AvgIpc) is 3.37. The number of carbonyl (C=O) groups is 1. The number of hydrogen-bond acceptors (Lipinski definition) is 5. The van der Waals surface area contributed by atoms with Crippen molar-refractivity contribution < 1.29 is 9.90 Å². The van der Waals surface area contributed by atoms with Gasteiger partial charge in [0.1, 0.15) is 0 Å². The van der Waals surface area contributed by atoms with Gasteiger partial charge in [0.15, 0.2) is 0 Å². The maximum Gasteiger partial charge on any atom is 0.258 e. The molecule has 1 amide bonds. The van der Waals surface area contributed by atoms with E-state index in [1.807, 2.05) is 61.5 Å². The number of amides is 1. The predicted molar refractivity (Wildman–Crippen MR) is 121 cm³/mol. The molecule has 32 heavy (non-hydrogen) atoms. The van der Waals surface area contributed by atoms with Gasteiger partial charge in [0.25, 0.3) is 5.56 Å². The fourth-order valence-corrected chi connectivity index (χ4v) is 5.12. The fraction of sp³-hybridized carbons (Fsp3) is 0.320. The molecule has 0 saturated carbocycles. The summed E-state index contributed by atoms with van der Waals surface area (Å²) in [5, 5.41) is 16.6. The molecule has 164 valence electrons. The van der Waals surface area contributed by atoms with Crippen LogP contribution in [0.15, 0.2) is 71.8 Å². The third-order valence-corrected chi connectivity index (χ3v) is 6.81. The lowest BCUT2D eigenvalue weighted by atomic mass is 9.88. The highest BCUT2D eigenvalue weighted by atomic mass is 16.3. The first-order chi connectivity index (χ1) is 15.6. The number of nitrogens with zero attached hydrogens (tertiary/aromatic N) is 2. The van der Waals surface area contributed by atoms with Crippen LogP contribution in [0.25, 0.3) is 11.1 Å². The molecule has 4 heterocycles. The molecular formula is C25H26N4O3. The zero-order valence-electron chi connectivity index (χ0n) is 17.8. The minimum atomic E-state index is -0.511. The van der Waals surface area contributed by atoms with Crippen LogP contribution in [0.1, 0.15) is 30.3 Å². The van der Waals surface area contributed by atoms with Gasteiger partial charge in [-0.05, 0) is 30.7 Å². The average molecular weight is 431 g/mol. The smallest absolute Gasteiger partial charge is 0.258 e. The van der Waals surface area contributed by atoms with Gasteiger partial charge in [0, 0.05) is 54.2 Å². The molecule has 7 heteroatoms. The van der Waals surface area contributed by atoms with Crippen LogP contribution in [-0.2, 0) is 11.3 Å². The van der Waals surface area contributed by atoms with Crippen LogP contribution >= 0.6 is 0 Å². The van der Waals surface area contributed by atoms with E-state index in [0.29, 0.717) is 12.1 Å². The summed E-state index contributed by atoms with van der Waals surface area (Å²) in [4.78, 5) is 30.4. The topological polar surface area (TPSA) is 96.3 Å². The number of aliphatic hydroxyl groups is 1. The molecule has 7 nitrogen and oxygen atoms in total. The van der Waals surface area contributed by atoms with Gasteiger partial charge in [-0.3, -0.25) is 19.9 Å². The van der Waals surface area contributed by atoms with E-state index in [1.54, 1.807) is 17.0 Å². The SMILES string of the molecule is C[C@H](NC(=O)[C@H]1N[C@H]2c3ccc(-c4cccnc4)c(=O)n3C[C@H]2[C@@H]1CO)c1ccccc1. The highest BCUT2D eigenvalue weighted by Crippen LogP contribution is 2.42. The van der Waals surface area contributed by atoms with E-state index >= 15 is 0 Å². The summed E-state index contributed by atoms with van der Waals surface area (Å²) in [7, 11) is 0. The maximum atomic E-state index is 13.2. The molecule has 3 N–H and O–H groups in total. The van der Waals surface area contributed by atoms with Crippen molar-refractivity contribution in [1.82, 2.24) is 20.2 Å². The van der Waals surface area contributed by atoms with Gasteiger partial charge in [0.2, 0.25) is 5.91 Å². The molecule has 5 rings (SSSR count). The quantitative estimate of drug-likeness (QED) is 0.576. The molecule has 0 spiro atoms. The Bertz CT molecular complexity index is 1180. The van der Waals surface area contributed by atoms with Gasteiger partial charge < -0.3 is 15.0 Å². The van der Waals surface area contributed by atoms with Crippen molar-refractivity contribution in [2.75, 3.05) is 6.61 Å². The Hall–Kier alpha value is -3.29. The van der Waals surface area contributed by atoms with Crippen LogP contribution in [0.5, 0.6) is 0 Å². The molecule has 2 aliphatic heterocycles. The number of nitrogens with one attached hydrogen (secondary N) is 2. The Balaban J connectivity index is 1.38. The molecule has 1 fully saturated rings. The number of rotatable bonds is 5. The number of pyridine rings is 2. The maximum absolute atomic E-state index is 13.2. The monoisotopic (exact) mass is 430 g/mol. The number of carbonyl (C=O) groups excluding carboxylic acids is 1. The third kappa shape index (κ3) is 3.43. The summed E-state index contributed by atoms with van der Waals surface area (Å²) in [6.07, 6.45) is 3.36. The molecule has 0 radical (unpaired) electrons. The minimum Gasteiger partial charge on any atom is -0.396 e. The van der Waals surface area contributed by atoms with Crippen molar-refractivity contribution in [2.24, 2.45) is 11.8 Å². The highest BCUT2D eigenvalue weighted by Gasteiger charge is 2.50. The lowest BCUT2D eigenvalue weighted by Gasteiger charge is -2.23. The van der Waals surface area contributed by atoms with Gasteiger partial charge in [-0.15, -0.1) is 0 Å². The standard InChI is InChI=1S/C25H26N4O3/c1-15(16-6-3-2-4-7-16)27-24(31)23-20(14-30)19-13-29-21(22(19)28-23)10-9-18(25(29)32)17-8-5-11-26-12-17/h2-12,15,19-20,22-23,28,30H,13-14H2,1H3,(H,27,31)/t15-,19-,20-,22+,23-/m0/s1. The Morgan fingerprint density at radius 3 is 2.75 bits per heavy atom. The van der Waals surface area contributed by atoms with Crippen LogP contribution in [0.4, 0.5) is 0 Å². The molecule has 1 aromatic carbocycles. The molecule has 0 unspecified atom stereocenters. The molecule has 1 saturated heterocycles. The van der Waals surface area contributed by atoms with Crippen molar-refractivity contribution in [2.45, 2.75) is 31.6 Å². The van der Waals surface area contributed by atoms with Gasteiger partial charge >= 0.3 is 0 Å². The Morgan fingerprint density at radius 2 is 2.03 bits per heavy atom. The summed E-state index contributed by atoms with van der Waals surface area (Å²) < 4.78 is 1.77. The zero-order valence-corrected chi connectivity index (χ0v) is 17.8. The number of aromatic nitrogens is 2. The molecule has 2 aromatic heterocycles. The second kappa shape index (κ2) is 8.33. The number of aliphatic hydroxyl groups excluding tert-OH is 1. The van der Waals surface area contributed by atoms with E-state index in [0.717, 1.165) is 16.8 Å². The van der Waals surface area contributed by atoms with Crippen molar-refractivity contribution in [3.63, 3.8) is 0 Å². The van der Waals surface area contributed by atoms with Crippen molar-refractivity contribution in [3.8, 4) is 11.1 Å². The first-order valence-corrected chi connectivity index (χ1v) is 10.9. The molecule has 0 aliphatic carbocycles. The Kier molecular flexibility index (Phi) is 5.36. The largest absolute Gasteiger partial charge is 0.396 e. The first-order valence-electron chi connectivity index (χ1n) is 10.9. The van der Waals surface area contributed by atoms with Crippen molar-refractivity contribution >= 4 is 5.91 Å². The number of hydrogen-bond donors (Lipinski definition) is 3. The summed E-state index contributed by atoms with van der Waals surface area (Å²) in [6, 6.07) is 16.5. The Morgan fingerprint density at radius 1 is 1.22 bits per heavy atom. The summed E-state index contributed by atoms with van der Waals surface area (Å²) >= 11 is 0. The lowest BCUT2D eigenvalue weighted by molar-refractivity contribution is -0.125. The van der Waals surface area contributed by atoms with Crippen LogP contribution in [0.2, 0.25) is 0 Å². The Labute approximate surface area is 186 Å². The lowest BCUT2D eigenvalue weighted by Crippen LogP contribution is -2.46. The van der Waals surface area contributed by atoms with E-state index in [1.165, 1.54) is 0 Å². The molecule has 5 atom stereocenters. The van der Waals surface area contributed by atoms with Gasteiger partial charge in [0.05, 0.1) is 18.1 Å². The van der Waals surface area contributed by atoms with Gasteiger partial charge in [-0.25, -0.2) is 0 Å². The van der Waals surface area contributed by atoms with Crippen molar-refractivity contribution in [1.29, 1.82) is 0 Å². The van der Waals surface area contributed by atoms with Crippen LogP contribution < -0.4 is 16.2 Å². The number of benzene rings is 1. The van der Waals surface area contributed by atoms with E-state index < -0.39 is 6.04 Å². The fourth-order valence-electron chi connectivity index (χ4n) is 5.12. The normalized spacial score (nSPS) is 24.6. The highest BCUT2D eigenvalue weighted by molar-refractivity contribution is 5.83.